The van der Waals surface area contributed by atoms with Gasteiger partial charge in [-0.05, 0) is 70.6 Å². The van der Waals surface area contributed by atoms with Crippen molar-refractivity contribution in [2.75, 3.05) is 6.61 Å². The number of carbonyl (C=O) groups excluding carboxylic acids is 1. The van der Waals surface area contributed by atoms with Gasteiger partial charge in [0, 0.05) is 0 Å². The molecule has 0 aliphatic rings. The highest BCUT2D eigenvalue weighted by atomic mass is 16.3. The summed E-state index contributed by atoms with van der Waals surface area (Å²) in [6.45, 7) is 4.19. The number of allylic oxidation sites excluding steroid dienone is 7. The molecule has 0 aromatic rings. The van der Waals surface area contributed by atoms with E-state index in [0.717, 1.165) is 44.9 Å². The lowest BCUT2D eigenvalue weighted by Crippen LogP contribution is -2.48. The van der Waals surface area contributed by atoms with Gasteiger partial charge in [-0.1, -0.05) is 249 Å². The number of rotatable bonds is 48. The van der Waals surface area contributed by atoms with Crippen molar-refractivity contribution in [2.45, 2.75) is 289 Å². The first kappa shape index (κ1) is 58.3. The van der Waals surface area contributed by atoms with Crippen molar-refractivity contribution >= 4 is 5.91 Å². The SMILES string of the molecule is CCCCCCCCCCCCC/C=C\CCCCCCCCC(O)C(=O)NC(CO)C(O)/C=C/CC/C=C/CC/C=C/CCCCCCCCCCCCCCCCC. The molecule has 0 bridgehead atoms. The third kappa shape index (κ3) is 44.4. The average molecular weight is 842 g/mol. The molecule has 4 N–H and O–H groups in total. The Labute approximate surface area is 374 Å². The van der Waals surface area contributed by atoms with Gasteiger partial charge in [-0.25, -0.2) is 0 Å². The summed E-state index contributed by atoms with van der Waals surface area (Å²) in [6, 6.07) is -0.825. The van der Waals surface area contributed by atoms with Gasteiger partial charge < -0.3 is 20.6 Å². The fraction of sp³-hybridized carbons (Fsp3) is 0.836. The molecule has 3 atom stereocenters. The van der Waals surface area contributed by atoms with Crippen molar-refractivity contribution in [1.29, 1.82) is 0 Å². The van der Waals surface area contributed by atoms with Gasteiger partial charge in [-0.2, -0.15) is 0 Å². The molecule has 0 aromatic heterocycles. The van der Waals surface area contributed by atoms with Gasteiger partial charge in [0.15, 0.2) is 0 Å². The van der Waals surface area contributed by atoms with Crippen LogP contribution in [0.2, 0.25) is 0 Å². The molecule has 352 valence electrons. The molecular weight excluding hydrogens is 739 g/mol. The normalized spacial score (nSPS) is 13.8. The Hall–Kier alpha value is -1.69. The Morgan fingerprint density at radius 3 is 1.02 bits per heavy atom. The van der Waals surface area contributed by atoms with E-state index in [0.29, 0.717) is 6.42 Å². The zero-order chi connectivity index (χ0) is 43.7. The smallest absolute Gasteiger partial charge is 0.249 e. The number of amides is 1. The minimum Gasteiger partial charge on any atom is -0.394 e. The monoisotopic (exact) mass is 842 g/mol. The molecule has 0 saturated carbocycles. The summed E-state index contributed by atoms with van der Waals surface area (Å²) < 4.78 is 0. The van der Waals surface area contributed by atoms with E-state index < -0.39 is 24.2 Å². The molecule has 5 heteroatoms. The minimum absolute atomic E-state index is 0.384. The van der Waals surface area contributed by atoms with E-state index in [1.165, 1.54) is 205 Å². The first-order valence-corrected chi connectivity index (χ1v) is 26.5. The summed E-state index contributed by atoms with van der Waals surface area (Å²) in [5.41, 5.74) is 0. The molecule has 0 rings (SSSR count). The fourth-order valence-electron chi connectivity index (χ4n) is 7.98. The molecule has 0 radical (unpaired) electrons. The molecule has 0 aliphatic carbocycles. The Kier molecular flexibility index (Phi) is 48.6. The summed E-state index contributed by atoms with van der Waals surface area (Å²) in [5.74, 6) is -0.520. The quantitative estimate of drug-likeness (QED) is 0.0363. The average Bonchev–Trinajstić information content (AvgIpc) is 3.25. The predicted octanol–water partition coefficient (Wildman–Crippen LogP) is 16.1. The molecule has 1 amide bonds. The van der Waals surface area contributed by atoms with Crippen LogP contribution in [-0.4, -0.2) is 46.1 Å². The number of hydrogen-bond acceptors (Lipinski definition) is 4. The summed E-state index contributed by atoms with van der Waals surface area (Å²) in [5, 5.41) is 33.3. The highest BCUT2D eigenvalue weighted by Gasteiger charge is 2.22. The van der Waals surface area contributed by atoms with E-state index in [1.54, 1.807) is 6.08 Å². The third-order valence-electron chi connectivity index (χ3n) is 12.1. The number of unbranched alkanes of at least 4 members (excludes halogenated alkanes) is 34. The van der Waals surface area contributed by atoms with Crippen molar-refractivity contribution in [3.05, 3.63) is 48.6 Å². The Bertz CT molecular complexity index is 974. The van der Waals surface area contributed by atoms with Crippen molar-refractivity contribution < 1.29 is 20.1 Å². The summed E-state index contributed by atoms with van der Waals surface area (Å²) in [7, 11) is 0. The van der Waals surface area contributed by atoms with Crippen molar-refractivity contribution in [3.63, 3.8) is 0 Å². The number of aliphatic hydroxyl groups excluding tert-OH is 3. The summed E-state index contributed by atoms with van der Waals surface area (Å²) in [4.78, 5) is 12.5. The molecule has 60 heavy (non-hydrogen) atoms. The second-order valence-corrected chi connectivity index (χ2v) is 18.1. The van der Waals surface area contributed by atoms with Gasteiger partial charge in [-0.3, -0.25) is 4.79 Å². The van der Waals surface area contributed by atoms with E-state index in [4.69, 9.17) is 0 Å². The van der Waals surface area contributed by atoms with E-state index >= 15 is 0 Å². The molecule has 0 heterocycles. The molecule has 0 fully saturated rings. The van der Waals surface area contributed by atoms with Crippen LogP contribution in [0.1, 0.15) is 271 Å². The van der Waals surface area contributed by atoms with Gasteiger partial charge in [0.1, 0.15) is 6.10 Å². The zero-order valence-electron chi connectivity index (χ0n) is 40.1. The van der Waals surface area contributed by atoms with Crippen LogP contribution in [0.3, 0.4) is 0 Å². The molecule has 3 unspecified atom stereocenters. The van der Waals surface area contributed by atoms with Crippen LogP contribution >= 0.6 is 0 Å². The summed E-state index contributed by atoms with van der Waals surface area (Å²) >= 11 is 0. The highest BCUT2D eigenvalue weighted by molar-refractivity contribution is 5.80. The van der Waals surface area contributed by atoms with Crippen LogP contribution in [0.4, 0.5) is 0 Å². The van der Waals surface area contributed by atoms with Gasteiger partial charge in [0.05, 0.1) is 18.8 Å². The lowest BCUT2D eigenvalue weighted by molar-refractivity contribution is -0.131. The molecule has 5 nitrogen and oxygen atoms in total. The Morgan fingerprint density at radius 1 is 0.400 bits per heavy atom. The standard InChI is InChI=1S/C55H103NO4/c1-3-5-7-9-11-13-15-17-19-21-23-25-26-27-28-30-31-33-35-37-39-41-43-45-47-49-53(58)52(51-57)56-55(60)54(59)50-48-46-44-42-40-38-36-34-32-29-24-22-20-18-16-14-12-10-8-6-4-2/h31-34,39,41,47,49,52-54,57-59H,3-30,35-38,40,42-46,48,50-51H2,1-2H3,(H,56,60)/b33-31+,34-32-,41-39+,49-47+. The van der Waals surface area contributed by atoms with Crippen LogP contribution in [0.5, 0.6) is 0 Å². The van der Waals surface area contributed by atoms with Crippen molar-refractivity contribution in [1.82, 2.24) is 5.32 Å². The van der Waals surface area contributed by atoms with E-state index in [9.17, 15) is 20.1 Å². The van der Waals surface area contributed by atoms with E-state index in [-0.39, 0.29) is 6.61 Å². The van der Waals surface area contributed by atoms with Crippen LogP contribution in [0.15, 0.2) is 48.6 Å². The largest absolute Gasteiger partial charge is 0.394 e. The third-order valence-corrected chi connectivity index (χ3v) is 12.1. The second-order valence-electron chi connectivity index (χ2n) is 18.1. The van der Waals surface area contributed by atoms with Gasteiger partial charge in [-0.15, -0.1) is 0 Å². The van der Waals surface area contributed by atoms with Crippen LogP contribution < -0.4 is 5.32 Å². The van der Waals surface area contributed by atoms with Crippen LogP contribution in [-0.2, 0) is 4.79 Å². The van der Waals surface area contributed by atoms with Crippen LogP contribution in [0, 0.1) is 0 Å². The lowest BCUT2D eigenvalue weighted by atomic mass is 10.0. The van der Waals surface area contributed by atoms with Gasteiger partial charge in [0.2, 0.25) is 5.91 Å². The highest BCUT2D eigenvalue weighted by Crippen LogP contribution is 2.16. The molecule has 0 aromatic carbocycles. The number of hydrogen-bond donors (Lipinski definition) is 4. The first-order chi connectivity index (χ1) is 29.6. The fourth-order valence-corrected chi connectivity index (χ4v) is 7.98. The number of nitrogens with one attached hydrogen (secondary N) is 1. The lowest BCUT2D eigenvalue weighted by Gasteiger charge is -2.21. The second kappa shape index (κ2) is 50.0. The minimum atomic E-state index is -1.12. The molecule has 0 aliphatic heterocycles. The van der Waals surface area contributed by atoms with Gasteiger partial charge >= 0.3 is 0 Å². The van der Waals surface area contributed by atoms with E-state index in [2.05, 4.69) is 55.6 Å². The maximum atomic E-state index is 12.5. The summed E-state index contributed by atoms with van der Waals surface area (Å²) in [6.07, 6.45) is 66.0. The van der Waals surface area contributed by atoms with Crippen molar-refractivity contribution in [3.8, 4) is 0 Å². The Morgan fingerprint density at radius 2 is 0.683 bits per heavy atom. The van der Waals surface area contributed by atoms with Crippen LogP contribution in [0.25, 0.3) is 0 Å². The molecule has 0 saturated heterocycles. The topological polar surface area (TPSA) is 89.8 Å². The maximum Gasteiger partial charge on any atom is 0.249 e. The number of carbonyl (C=O) groups is 1. The maximum absolute atomic E-state index is 12.5. The molecule has 0 spiro atoms. The van der Waals surface area contributed by atoms with Crippen molar-refractivity contribution in [2.24, 2.45) is 0 Å². The first-order valence-electron chi connectivity index (χ1n) is 26.5. The number of aliphatic hydroxyl groups is 3. The zero-order valence-corrected chi connectivity index (χ0v) is 40.1. The predicted molar refractivity (Wildman–Crippen MR) is 264 cm³/mol. The molecular formula is C55H103NO4. The van der Waals surface area contributed by atoms with Gasteiger partial charge in [0.25, 0.3) is 0 Å². The van der Waals surface area contributed by atoms with E-state index in [1.807, 2.05) is 6.08 Å². The Balaban J connectivity index is 3.68.